The fourth-order valence-corrected chi connectivity index (χ4v) is 2.51. The molecule has 0 spiro atoms. The molecule has 1 aromatic carbocycles. The van der Waals surface area contributed by atoms with Gasteiger partial charge in [0.15, 0.2) is 0 Å². The Morgan fingerprint density at radius 2 is 1.84 bits per heavy atom. The third kappa shape index (κ3) is 4.84. The first-order valence-corrected chi connectivity index (χ1v) is 6.73. The molecular weight excluding hydrogens is 262 g/mol. The molecule has 1 aliphatic carbocycles. The van der Waals surface area contributed by atoms with Crippen LogP contribution >= 0.6 is 12.4 Å². The molecule has 0 unspecified atom stereocenters. The van der Waals surface area contributed by atoms with Gasteiger partial charge in [-0.15, -0.1) is 12.4 Å². The lowest BCUT2D eigenvalue weighted by atomic mass is 9.84. The van der Waals surface area contributed by atoms with Crippen molar-refractivity contribution in [3.8, 4) is 0 Å². The summed E-state index contributed by atoms with van der Waals surface area (Å²) in [5, 5.41) is 0. The van der Waals surface area contributed by atoms with Gasteiger partial charge in [-0.25, -0.2) is 0 Å². The number of carbonyl (C=O) groups excluding carboxylic acids is 1. The highest BCUT2D eigenvalue weighted by atomic mass is 35.5. The van der Waals surface area contributed by atoms with Crippen molar-refractivity contribution in [1.82, 2.24) is 0 Å². The van der Waals surface area contributed by atoms with Gasteiger partial charge in [0.1, 0.15) is 12.6 Å². The van der Waals surface area contributed by atoms with Crippen molar-refractivity contribution >= 4 is 18.4 Å². The summed E-state index contributed by atoms with van der Waals surface area (Å²) < 4.78 is 5.28. The van der Waals surface area contributed by atoms with Crippen LogP contribution in [0.3, 0.4) is 0 Å². The number of carbonyl (C=O) groups is 1. The Hall–Kier alpha value is -1.06. The first-order chi connectivity index (χ1) is 8.77. The molecule has 106 valence electrons. The minimum atomic E-state index is -0.450. The number of nitrogens with two attached hydrogens (primary N) is 1. The maximum atomic E-state index is 11.9. The Kier molecular flexibility index (Phi) is 6.89. The SMILES string of the molecule is Cl.N[C@H](C(=O)OCc1ccccc1)C1CCCCC1. The first-order valence-electron chi connectivity index (χ1n) is 6.73. The normalized spacial score (nSPS) is 17.3. The van der Waals surface area contributed by atoms with E-state index in [0.717, 1.165) is 18.4 Å². The Morgan fingerprint density at radius 3 is 2.47 bits per heavy atom. The lowest BCUT2D eigenvalue weighted by Gasteiger charge is -2.25. The quantitative estimate of drug-likeness (QED) is 0.864. The van der Waals surface area contributed by atoms with Gasteiger partial charge < -0.3 is 10.5 Å². The molecule has 4 heteroatoms. The van der Waals surface area contributed by atoms with E-state index in [1.807, 2.05) is 30.3 Å². The number of hydrogen-bond donors (Lipinski definition) is 1. The second kappa shape index (κ2) is 8.18. The summed E-state index contributed by atoms with van der Waals surface area (Å²) in [5.74, 6) is 0.0489. The highest BCUT2D eigenvalue weighted by Crippen LogP contribution is 2.26. The van der Waals surface area contributed by atoms with Gasteiger partial charge >= 0.3 is 5.97 Å². The molecule has 1 atom stereocenters. The van der Waals surface area contributed by atoms with Crippen LogP contribution in [0, 0.1) is 5.92 Å². The fourth-order valence-electron chi connectivity index (χ4n) is 2.51. The number of esters is 1. The number of ether oxygens (including phenoxy) is 1. The van der Waals surface area contributed by atoms with Crippen molar-refractivity contribution in [3.63, 3.8) is 0 Å². The average molecular weight is 284 g/mol. The summed E-state index contributed by atoms with van der Waals surface area (Å²) in [6, 6.07) is 9.25. The van der Waals surface area contributed by atoms with Crippen molar-refractivity contribution in [2.45, 2.75) is 44.8 Å². The summed E-state index contributed by atoms with van der Waals surface area (Å²) in [4.78, 5) is 11.9. The molecule has 2 N–H and O–H groups in total. The second-order valence-electron chi connectivity index (χ2n) is 5.02. The van der Waals surface area contributed by atoms with E-state index in [1.54, 1.807) is 0 Å². The predicted molar refractivity (Wildman–Crippen MR) is 78.0 cm³/mol. The standard InChI is InChI=1S/C15H21NO2.ClH/c16-14(13-9-5-2-6-10-13)15(17)18-11-12-7-3-1-4-8-12;/h1,3-4,7-8,13-14H,2,5-6,9-11,16H2;1H/t14-;/m0./s1. The van der Waals surface area contributed by atoms with Crippen LogP contribution in [0.5, 0.6) is 0 Å². The van der Waals surface area contributed by atoms with Gasteiger partial charge in [-0.2, -0.15) is 0 Å². The Morgan fingerprint density at radius 1 is 1.21 bits per heavy atom. The van der Waals surface area contributed by atoms with E-state index >= 15 is 0 Å². The van der Waals surface area contributed by atoms with Crippen LogP contribution in [0.25, 0.3) is 0 Å². The molecular formula is C15H22ClNO2. The van der Waals surface area contributed by atoms with E-state index in [-0.39, 0.29) is 18.4 Å². The minimum absolute atomic E-state index is 0. The summed E-state index contributed by atoms with van der Waals surface area (Å²) >= 11 is 0. The Bertz CT molecular complexity index is 377. The molecule has 0 saturated heterocycles. The van der Waals surface area contributed by atoms with Crippen LogP contribution in [0.1, 0.15) is 37.7 Å². The molecule has 0 heterocycles. The van der Waals surface area contributed by atoms with Gasteiger partial charge in [0.25, 0.3) is 0 Å². The van der Waals surface area contributed by atoms with Crippen LogP contribution < -0.4 is 5.73 Å². The number of rotatable bonds is 4. The van der Waals surface area contributed by atoms with Crippen LogP contribution in [-0.2, 0) is 16.1 Å². The van der Waals surface area contributed by atoms with E-state index in [1.165, 1.54) is 19.3 Å². The average Bonchev–Trinajstić information content (AvgIpc) is 2.46. The fraction of sp³-hybridized carbons (Fsp3) is 0.533. The number of halogens is 1. The smallest absolute Gasteiger partial charge is 0.323 e. The molecule has 0 aliphatic heterocycles. The topological polar surface area (TPSA) is 52.3 Å². The van der Waals surface area contributed by atoms with Crippen molar-refractivity contribution in [3.05, 3.63) is 35.9 Å². The largest absolute Gasteiger partial charge is 0.460 e. The van der Waals surface area contributed by atoms with Crippen molar-refractivity contribution in [2.75, 3.05) is 0 Å². The van der Waals surface area contributed by atoms with Crippen LogP contribution in [-0.4, -0.2) is 12.0 Å². The first kappa shape index (κ1) is 16.0. The maximum Gasteiger partial charge on any atom is 0.323 e. The molecule has 1 saturated carbocycles. The van der Waals surface area contributed by atoms with Gasteiger partial charge in [0, 0.05) is 0 Å². The van der Waals surface area contributed by atoms with E-state index in [2.05, 4.69) is 0 Å². The van der Waals surface area contributed by atoms with E-state index < -0.39 is 6.04 Å². The summed E-state index contributed by atoms with van der Waals surface area (Å²) in [7, 11) is 0. The molecule has 3 nitrogen and oxygen atoms in total. The van der Waals surface area contributed by atoms with E-state index in [9.17, 15) is 4.79 Å². The van der Waals surface area contributed by atoms with Crippen molar-refractivity contribution in [1.29, 1.82) is 0 Å². The molecule has 1 aliphatic rings. The zero-order valence-electron chi connectivity index (χ0n) is 11.1. The predicted octanol–water partition coefficient (Wildman–Crippen LogP) is 3.06. The van der Waals surface area contributed by atoms with Crippen molar-refractivity contribution in [2.24, 2.45) is 11.7 Å². The third-order valence-electron chi connectivity index (χ3n) is 3.65. The minimum Gasteiger partial charge on any atom is -0.460 e. The Balaban J connectivity index is 0.00000180. The van der Waals surface area contributed by atoms with Gasteiger partial charge in [0.05, 0.1) is 0 Å². The molecule has 0 aromatic heterocycles. The monoisotopic (exact) mass is 283 g/mol. The maximum absolute atomic E-state index is 11.9. The van der Waals surface area contributed by atoms with Crippen LogP contribution in [0.15, 0.2) is 30.3 Å². The van der Waals surface area contributed by atoms with Crippen LogP contribution in [0.2, 0.25) is 0 Å². The molecule has 1 aromatic rings. The zero-order chi connectivity index (χ0) is 12.8. The number of hydrogen-bond acceptors (Lipinski definition) is 3. The lowest BCUT2D eigenvalue weighted by molar-refractivity contribution is -0.148. The lowest BCUT2D eigenvalue weighted by Crippen LogP contribution is -2.40. The number of benzene rings is 1. The highest BCUT2D eigenvalue weighted by molar-refractivity contribution is 5.85. The molecule has 0 amide bonds. The van der Waals surface area contributed by atoms with E-state index in [4.69, 9.17) is 10.5 Å². The molecule has 0 bridgehead atoms. The summed E-state index contributed by atoms with van der Waals surface area (Å²) in [6.45, 7) is 0.320. The van der Waals surface area contributed by atoms with E-state index in [0.29, 0.717) is 12.5 Å². The summed E-state index contributed by atoms with van der Waals surface area (Å²) in [6.07, 6.45) is 5.75. The van der Waals surface area contributed by atoms with Gasteiger partial charge in [0.2, 0.25) is 0 Å². The molecule has 2 rings (SSSR count). The van der Waals surface area contributed by atoms with Gasteiger partial charge in [-0.1, -0.05) is 49.6 Å². The second-order valence-corrected chi connectivity index (χ2v) is 5.02. The van der Waals surface area contributed by atoms with Gasteiger partial charge in [-0.05, 0) is 24.3 Å². The zero-order valence-corrected chi connectivity index (χ0v) is 11.9. The molecule has 19 heavy (non-hydrogen) atoms. The molecule has 0 radical (unpaired) electrons. The third-order valence-corrected chi connectivity index (χ3v) is 3.65. The highest BCUT2D eigenvalue weighted by Gasteiger charge is 2.27. The molecule has 1 fully saturated rings. The van der Waals surface area contributed by atoms with Gasteiger partial charge in [-0.3, -0.25) is 4.79 Å². The summed E-state index contributed by atoms with van der Waals surface area (Å²) in [5.41, 5.74) is 6.98. The van der Waals surface area contributed by atoms with Crippen LogP contribution in [0.4, 0.5) is 0 Å². The Labute approximate surface area is 120 Å². The van der Waals surface area contributed by atoms with Crippen molar-refractivity contribution < 1.29 is 9.53 Å².